The predicted octanol–water partition coefficient (Wildman–Crippen LogP) is 4.63. The van der Waals surface area contributed by atoms with Crippen molar-refractivity contribution in [3.05, 3.63) is 71.9 Å². The van der Waals surface area contributed by atoms with Gasteiger partial charge in [0, 0.05) is 23.5 Å². The molecule has 0 aliphatic heterocycles. The van der Waals surface area contributed by atoms with Gasteiger partial charge in [-0.1, -0.05) is 26.0 Å². The molecule has 22 heavy (non-hydrogen) atoms. The fourth-order valence-electron chi connectivity index (χ4n) is 2.03. The van der Waals surface area contributed by atoms with E-state index in [0.717, 1.165) is 11.4 Å². The second-order valence-corrected chi connectivity index (χ2v) is 5.35. The molecule has 0 fully saturated rings. The SMILES string of the molecule is COc1ccc(C(=O)/C=C/Nc2ccc(C(C)C)cc2)cc1. The Labute approximate surface area is 131 Å². The molecule has 2 aromatic carbocycles. The topological polar surface area (TPSA) is 38.3 Å². The fraction of sp³-hybridized carbons (Fsp3) is 0.211. The molecule has 0 saturated carbocycles. The van der Waals surface area contributed by atoms with E-state index in [2.05, 4.69) is 31.3 Å². The Morgan fingerprint density at radius 2 is 1.68 bits per heavy atom. The van der Waals surface area contributed by atoms with Crippen molar-refractivity contribution in [2.45, 2.75) is 19.8 Å². The number of carbonyl (C=O) groups excluding carboxylic acids is 1. The van der Waals surface area contributed by atoms with E-state index in [0.29, 0.717) is 11.5 Å². The maximum atomic E-state index is 12.0. The number of rotatable bonds is 6. The number of methoxy groups -OCH3 is 1. The molecular weight excluding hydrogens is 274 g/mol. The molecule has 0 heterocycles. The Kier molecular flexibility index (Phi) is 5.37. The standard InChI is InChI=1S/C19H21NO2/c1-14(2)15-4-8-17(9-5-15)20-13-12-19(21)16-6-10-18(22-3)11-7-16/h4-14,20H,1-3H3/b13-12+. The molecule has 2 aromatic rings. The van der Waals surface area contributed by atoms with Crippen molar-refractivity contribution >= 4 is 11.5 Å². The lowest BCUT2D eigenvalue weighted by molar-refractivity contribution is 0.104. The number of carbonyl (C=O) groups is 1. The lowest BCUT2D eigenvalue weighted by Gasteiger charge is -2.06. The highest BCUT2D eigenvalue weighted by atomic mass is 16.5. The van der Waals surface area contributed by atoms with Gasteiger partial charge in [-0.15, -0.1) is 0 Å². The second-order valence-electron chi connectivity index (χ2n) is 5.35. The average Bonchev–Trinajstić information content (AvgIpc) is 2.55. The first-order valence-electron chi connectivity index (χ1n) is 7.31. The summed E-state index contributed by atoms with van der Waals surface area (Å²) in [5, 5.41) is 3.11. The number of hydrogen-bond donors (Lipinski definition) is 1. The van der Waals surface area contributed by atoms with Crippen molar-refractivity contribution in [1.29, 1.82) is 0 Å². The van der Waals surface area contributed by atoms with Gasteiger partial charge in [-0.25, -0.2) is 0 Å². The number of allylic oxidation sites excluding steroid dienone is 1. The Bertz CT molecular complexity index is 640. The monoisotopic (exact) mass is 295 g/mol. The normalized spacial score (nSPS) is 10.9. The summed E-state index contributed by atoms with van der Waals surface area (Å²) in [6.07, 6.45) is 3.19. The van der Waals surface area contributed by atoms with Gasteiger partial charge in [0.2, 0.25) is 0 Å². The summed E-state index contributed by atoms with van der Waals surface area (Å²) in [5.41, 5.74) is 2.89. The van der Waals surface area contributed by atoms with Gasteiger partial charge in [-0.2, -0.15) is 0 Å². The lowest BCUT2D eigenvalue weighted by atomic mass is 10.0. The van der Waals surface area contributed by atoms with E-state index in [4.69, 9.17) is 4.74 Å². The lowest BCUT2D eigenvalue weighted by Crippen LogP contribution is -1.96. The van der Waals surface area contributed by atoms with Gasteiger partial charge in [0.15, 0.2) is 5.78 Å². The van der Waals surface area contributed by atoms with Crippen LogP contribution >= 0.6 is 0 Å². The third-order valence-corrected chi connectivity index (χ3v) is 3.44. The Morgan fingerprint density at radius 1 is 1.05 bits per heavy atom. The van der Waals surface area contributed by atoms with Crippen molar-refractivity contribution in [2.24, 2.45) is 0 Å². The van der Waals surface area contributed by atoms with Crippen LogP contribution in [0, 0.1) is 0 Å². The van der Waals surface area contributed by atoms with Crippen LogP contribution in [0.3, 0.4) is 0 Å². The van der Waals surface area contributed by atoms with Crippen LogP contribution in [0.5, 0.6) is 5.75 Å². The van der Waals surface area contributed by atoms with Crippen LogP contribution in [0.1, 0.15) is 35.7 Å². The first-order chi connectivity index (χ1) is 10.6. The Balaban J connectivity index is 1.94. The highest BCUT2D eigenvalue weighted by Gasteiger charge is 2.02. The summed E-state index contributed by atoms with van der Waals surface area (Å²) < 4.78 is 5.07. The molecule has 114 valence electrons. The van der Waals surface area contributed by atoms with Crippen molar-refractivity contribution < 1.29 is 9.53 Å². The van der Waals surface area contributed by atoms with Gasteiger partial charge < -0.3 is 10.1 Å². The minimum absolute atomic E-state index is 0.0473. The zero-order valence-electron chi connectivity index (χ0n) is 13.2. The molecule has 2 rings (SSSR count). The van der Waals surface area contributed by atoms with E-state index >= 15 is 0 Å². The smallest absolute Gasteiger partial charge is 0.187 e. The summed E-state index contributed by atoms with van der Waals surface area (Å²) in [5.74, 6) is 1.21. The van der Waals surface area contributed by atoms with E-state index in [-0.39, 0.29) is 5.78 Å². The Morgan fingerprint density at radius 3 is 2.23 bits per heavy atom. The maximum Gasteiger partial charge on any atom is 0.187 e. The van der Waals surface area contributed by atoms with Gasteiger partial charge in [0.25, 0.3) is 0 Å². The number of nitrogens with one attached hydrogen (secondary N) is 1. The molecule has 0 saturated heterocycles. The molecule has 0 spiro atoms. The quantitative estimate of drug-likeness (QED) is 0.624. The third-order valence-electron chi connectivity index (χ3n) is 3.44. The molecule has 1 N–H and O–H groups in total. The number of benzene rings is 2. The molecule has 0 unspecified atom stereocenters. The van der Waals surface area contributed by atoms with Crippen LogP contribution < -0.4 is 10.1 Å². The minimum Gasteiger partial charge on any atom is -0.497 e. The molecule has 0 bridgehead atoms. The van der Waals surface area contributed by atoms with Gasteiger partial charge in [0.1, 0.15) is 5.75 Å². The molecule has 3 nitrogen and oxygen atoms in total. The van der Waals surface area contributed by atoms with Gasteiger partial charge in [0.05, 0.1) is 7.11 Å². The van der Waals surface area contributed by atoms with Crippen molar-refractivity contribution in [3.63, 3.8) is 0 Å². The Hall–Kier alpha value is -2.55. The molecule has 0 aromatic heterocycles. The van der Waals surface area contributed by atoms with E-state index in [9.17, 15) is 4.79 Å². The van der Waals surface area contributed by atoms with Crippen molar-refractivity contribution in [3.8, 4) is 5.75 Å². The van der Waals surface area contributed by atoms with Crippen molar-refractivity contribution in [1.82, 2.24) is 0 Å². The average molecular weight is 295 g/mol. The maximum absolute atomic E-state index is 12.0. The molecular formula is C19H21NO2. The van der Waals surface area contributed by atoms with Gasteiger partial charge >= 0.3 is 0 Å². The zero-order valence-corrected chi connectivity index (χ0v) is 13.2. The number of hydrogen-bond acceptors (Lipinski definition) is 3. The largest absolute Gasteiger partial charge is 0.497 e. The van der Waals surface area contributed by atoms with E-state index < -0.39 is 0 Å². The molecule has 0 aliphatic carbocycles. The second kappa shape index (κ2) is 7.46. The summed E-state index contributed by atoms with van der Waals surface area (Å²) in [6, 6.07) is 15.3. The van der Waals surface area contributed by atoms with Crippen LogP contribution in [0.2, 0.25) is 0 Å². The predicted molar refractivity (Wildman–Crippen MR) is 90.6 cm³/mol. The van der Waals surface area contributed by atoms with E-state index in [1.807, 2.05) is 12.1 Å². The van der Waals surface area contributed by atoms with Crippen molar-refractivity contribution in [2.75, 3.05) is 12.4 Å². The van der Waals surface area contributed by atoms with E-state index in [1.165, 1.54) is 11.6 Å². The minimum atomic E-state index is -0.0473. The number of ether oxygens (including phenoxy) is 1. The zero-order chi connectivity index (χ0) is 15.9. The molecule has 0 radical (unpaired) electrons. The number of ketones is 1. The summed E-state index contributed by atoms with van der Waals surface area (Å²) in [6.45, 7) is 4.33. The fourth-order valence-corrected chi connectivity index (χ4v) is 2.03. The first kappa shape index (κ1) is 15.8. The summed E-state index contributed by atoms with van der Waals surface area (Å²) in [4.78, 5) is 12.0. The third kappa shape index (κ3) is 4.22. The van der Waals surface area contributed by atoms with Crippen LogP contribution in [-0.4, -0.2) is 12.9 Å². The van der Waals surface area contributed by atoms with Gasteiger partial charge in [-0.05, 0) is 47.9 Å². The van der Waals surface area contributed by atoms with E-state index in [1.54, 1.807) is 37.6 Å². The molecule has 0 atom stereocenters. The molecule has 3 heteroatoms. The van der Waals surface area contributed by atoms with Crippen LogP contribution in [0.4, 0.5) is 5.69 Å². The summed E-state index contributed by atoms with van der Waals surface area (Å²) in [7, 11) is 1.60. The molecule has 0 aliphatic rings. The van der Waals surface area contributed by atoms with Crippen LogP contribution in [-0.2, 0) is 0 Å². The number of anilines is 1. The highest BCUT2D eigenvalue weighted by Crippen LogP contribution is 2.17. The van der Waals surface area contributed by atoms with Crippen LogP contribution in [0.25, 0.3) is 0 Å². The highest BCUT2D eigenvalue weighted by molar-refractivity contribution is 6.04. The summed E-state index contributed by atoms with van der Waals surface area (Å²) >= 11 is 0. The van der Waals surface area contributed by atoms with Gasteiger partial charge in [-0.3, -0.25) is 4.79 Å². The molecule has 0 amide bonds. The van der Waals surface area contributed by atoms with Crippen LogP contribution in [0.15, 0.2) is 60.8 Å². The first-order valence-corrected chi connectivity index (χ1v) is 7.31.